The van der Waals surface area contributed by atoms with Crippen molar-refractivity contribution in [2.75, 3.05) is 13.7 Å². The number of aliphatic hydroxyl groups is 1. The highest BCUT2D eigenvalue weighted by molar-refractivity contribution is 5.86. The molecule has 100 valence electrons. The van der Waals surface area contributed by atoms with Crippen molar-refractivity contribution < 1.29 is 23.8 Å². The van der Waals surface area contributed by atoms with Crippen molar-refractivity contribution in [2.45, 2.75) is 6.10 Å². The van der Waals surface area contributed by atoms with Gasteiger partial charge in [-0.2, -0.15) is 0 Å². The fraction of sp³-hybridized carbons (Fsp3) is 0.214. The van der Waals surface area contributed by atoms with Gasteiger partial charge < -0.3 is 19.0 Å². The second kappa shape index (κ2) is 6.06. The van der Waals surface area contributed by atoms with Crippen LogP contribution in [0.5, 0.6) is 5.75 Å². The van der Waals surface area contributed by atoms with E-state index in [0.717, 1.165) is 0 Å². The molecule has 0 amide bonds. The Morgan fingerprint density at radius 2 is 2.00 bits per heavy atom. The zero-order valence-corrected chi connectivity index (χ0v) is 10.4. The topological polar surface area (TPSA) is 68.9 Å². The third kappa shape index (κ3) is 3.35. The maximum Gasteiger partial charge on any atom is 0.373 e. The molecule has 5 nitrogen and oxygen atoms in total. The zero-order chi connectivity index (χ0) is 13.7. The average molecular weight is 262 g/mol. The maximum absolute atomic E-state index is 11.2. The van der Waals surface area contributed by atoms with Gasteiger partial charge in [0, 0.05) is 0 Å². The first-order chi connectivity index (χ1) is 9.20. The summed E-state index contributed by atoms with van der Waals surface area (Å²) in [5, 5.41) is 9.88. The molecule has 1 heterocycles. The largest absolute Gasteiger partial charge is 0.490 e. The van der Waals surface area contributed by atoms with Gasteiger partial charge in [-0.15, -0.1) is 0 Å². The van der Waals surface area contributed by atoms with Gasteiger partial charge in [-0.3, -0.25) is 0 Å². The van der Waals surface area contributed by atoms with Gasteiger partial charge in [-0.1, -0.05) is 18.2 Å². The lowest BCUT2D eigenvalue weighted by Gasteiger charge is -2.09. The van der Waals surface area contributed by atoms with Crippen LogP contribution in [0.4, 0.5) is 0 Å². The van der Waals surface area contributed by atoms with E-state index >= 15 is 0 Å². The van der Waals surface area contributed by atoms with E-state index in [1.807, 2.05) is 18.2 Å². The molecule has 2 rings (SSSR count). The molecule has 1 aromatic carbocycles. The molecule has 19 heavy (non-hydrogen) atoms. The van der Waals surface area contributed by atoms with E-state index in [1.165, 1.54) is 19.2 Å². The maximum atomic E-state index is 11.2. The molecule has 5 heteroatoms. The standard InChI is InChI=1S/C14H14O5/c1-17-14(16)13-8-7-12(19-13)11(15)9-18-10-5-3-2-4-6-10/h2-8,11,15H,9H2,1H3. The molecule has 0 aliphatic rings. The summed E-state index contributed by atoms with van der Waals surface area (Å²) in [7, 11) is 1.26. The molecule has 0 radical (unpaired) electrons. The Balaban J connectivity index is 1.94. The minimum atomic E-state index is -0.946. The Hall–Kier alpha value is -2.27. The number of hydrogen-bond acceptors (Lipinski definition) is 5. The normalized spacial score (nSPS) is 11.9. The number of rotatable bonds is 5. The first-order valence-corrected chi connectivity index (χ1v) is 5.74. The van der Waals surface area contributed by atoms with E-state index in [0.29, 0.717) is 5.75 Å². The lowest BCUT2D eigenvalue weighted by atomic mass is 10.3. The fourth-order valence-corrected chi connectivity index (χ4v) is 1.52. The number of aliphatic hydroxyl groups excluding tert-OH is 1. The number of esters is 1. The van der Waals surface area contributed by atoms with Crippen LogP contribution in [0.15, 0.2) is 46.9 Å². The van der Waals surface area contributed by atoms with E-state index in [4.69, 9.17) is 9.15 Å². The molecule has 0 aliphatic heterocycles. The Morgan fingerprint density at radius 3 is 2.68 bits per heavy atom. The SMILES string of the molecule is COC(=O)c1ccc(C(O)COc2ccccc2)o1. The number of carbonyl (C=O) groups excluding carboxylic acids is 1. The summed E-state index contributed by atoms with van der Waals surface area (Å²) in [6.45, 7) is 0.0398. The molecule has 0 saturated heterocycles. The van der Waals surface area contributed by atoms with E-state index in [2.05, 4.69) is 4.74 Å². The van der Waals surface area contributed by atoms with Crippen molar-refractivity contribution in [3.05, 3.63) is 54.0 Å². The lowest BCUT2D eigenvalue weighted by Crippen LogP contribution is -2.09. The highest BCUT2D eigenvalue weighted by Crippen LogP contribution is 2.19. The molecule has 1 N–H and O–H groups in total. The molecule has 0 aliphatic carbocycles. The van der Waals surface area contributed by atoms with Gasteiger partial charge in [0.05, 0.1) is 7.11 Å². The smallest absolute Gasteiger partial charge is 0.373 e. The quantitative estimate of drug-likeness (QED) is 0.836. The number of carbonyl (C=O) groups is 1. The highest BCUT2D eigenvalue weighted by atomic mass is 16.5. The monoisotopic (exact) mass is 262 g/mol. The number of furan rings is 1. The lowest BCUT2D eigenvalue weighted by molar-refractivity contribution is 0.0541. The molecular formula is C14H14O5. The Kier molecular flexibility index (Phi) is 4.20. The first kappa shape index (κ1) is 13.2. The summed E-state index contributed by atoms with van der Waals surface area (Å²) in [6, 6.07) is 12.1. The molecule has 1 unspecified atom stereocenters. The van der Waals surface area contributed by atoms with Gasteiger partial charge in [0.1, 0.15) is 24.2 Å². The number of para-hydroxylation sites is 1. The second-order valence-corrected chi connectivity index (χ2v) is 3.83. The number of ether oxygens (including phenoxy) is 2. The van der Waals surface area contributed by atoms with Gasteiger partial charge >= 0.3 is 5.97 Å². The Morgan fingerprint density at radius 1 is 1.26 bits per heavy atom. The van der Waals surface area contributed by atoms with Crippen LogP contribution in [0.2, 0.25) is 0 Å². The fourth-order valence-electron chi connectivity index (χ4n) is 1.52. The summed E-state index contributed by atoms with van der Waals surface area (Å²) in [6.07, 6.45) is -0.946. The Labute approximate surface area is 110 Å². The first-order valence-electron chi connectivity index (χ1n) is 5.74. The Bertz CT molecular complexity index is 532. The van der Waals surface area contributed by atoms with Crippen LogP contribution in [0, 0.1) is 0 Å². The minimum absolute atomic E-state index is 0.0398. The third-order valence-corrected chi connectivity index (χ3v) is 2.49. The van der Waals surface area contributed by atoms with Crippen LogP contribution in [0.25, 0.3) is 0 Å². The highest BCUT2D eigenvalue weighted by Gasteiger charge is 2.17. The molecule has 0 spiro atoms. The van der Waals surface area contributed by atoms with E-state index in [-0.39, 0.29) is 18.1 Å². The molecule has 0 bridgehead atoms. The second-order valence-electron chi connectivity index (χ2n) is 3.83. The van der Waals surface area contributed by atoms with Crippen molar-refractivity contribution in [3.63, 3.8) is 0 Å². The number of benzene rings is 1. The summed E-state index contributed by atoms with van der Waals surface area (Å²) < 4.78 is 15.1. The van der Waals surface area contributed by atoms with Gasteiger partial charge in [0.25, 0.3) is 0 Å². The van der Waals surface area contributed by atoms with Crippen molar-refractivity contribution in [1.29, 1.82) is 0 Å². The molecule has 1 aromatic heterocycles. The van der Waals surface area contributed by atoms with E-state index in [1.54, 1.807) is 12.1 Å². The molecule has 2 aromatic rings. The van der Waals surface area contributed by atoms with Crippen LogP contribution < -0.4 is 4.74 Å². The van der Waals surface area contributed by atoms with E-state index in [9.17, 15) is 9.90 Å². The van der Waals surface area contributed by atoms with Gasteiger partial charge in [0.15, 0.2) is 0 Å². The zero-order valence-electron chi connectivity index (χ0n) is 10.4. The van der Waals surface area contributed by atoms with Crippen LogP contribution in [-0.2, 0) is 4.74 Å². The van der Waals surface area contributed by atoms with Gasteiger partial charge in [-0.25, -0.2) is 4.79 Å². The summed E-state index contributed by atoms with van der Waals surface area (Å²) in [5.74, 6) is 0.385. The van der Waals surface area contributed by atoms with E-state index < -0.39 is 12.1 Å². The minimum Gasteiger partial charge on any atom is -0.490 e. The van der Waals surface area contributed by atoms with Crippen molar-refractivity contribution in [2.24, 2.45) is 0 Å². The predicted octanol–water partition coefficient (Wildman–Crippen LogP) is 2.18. The van der Waals surface area contributed by atoms with Gasteiger partial charge in [0.2, 0.25) is 5.76 Å². The number of methoxy groups -OCH3 is 1. The third-order valence-electron chi connectivity index (χ3n) is 2.49. The molecule has 0 saturated carbocycles. The molecular weight excluding hydrogens is 248 g/mol. The summed E-state index contributed by atoms with van der Waals surface area (Å²) in [4.78, 5) is 11.2. The van der Waals surface area contributed by atoms with Crippen molar-refractivity contribution in [1.82, 2.24) is 0 Å². The summed E-state index contributed by atoms with van der Waals surface area (Å²) in [5.41, 5.74) is 0. The van der Waals surface area contributed by atoms with Crippen LogP contribution in [-0.4, -0.2) is 24.8 Å². The van der Waals surface area contributed by atoms with Crippen LogP contribution >= 0.6 is 0 Å². The van der Waals surface area contributed by atoms with Crippen LogP contribution in [0.1, 0.15) is 22.4 Å². The molecule has 0 fully saturated rings. The average Bonchev–Trinajstić information content (AvgIpc) is 2.95. The number of hydrogen-bond donors (Lipinski definition) is 1. The predicted molar refractivity (Wildman–Crippen MR) is 66.9 cm³/mol. The van der Waals surface area contributed by atoms with Crippen molar-refractivity contribution in [3.8, 4) is 5.75 Å². The van der Waals surface area contributed by atoms with Gasteiger partial charge in [-0.05, 0) is 24.3 Å². The molecule has 1 atom stereocenters. The summed E-state index contributed by atoms with van der Waals surface area (Å²) >= 11 is 0. The van der Waals surface area contributed by atoms with Crippen molar-refractivity contribution >= 4 is 5.97 Å². The van der Waals surface area contributed by atoms with Crippen LogP contribution in [0.3, 0.4) is 0 Å².